The number of sulfonamides is 1. The van der Waals surface area contributed by atoms with Gasteiger partial charge in [-0.05, 0) is 76.9 Å². The van der Waals surface area contributed by atoms with Crippen LogP contribution in [0.4, 0.5) is 14.9 Å². The van der Waals surface area contributed by atoms with Crippen molar-refractivity contribution in [2.45, 2.75) is 58.1 Å². The number of esters is 1. The average Bonchev–Trinajstić information content (AvgIpc) is 3.39. The van der Waals surface area contributed by atoms with Crippen LogP contribution >= 0.6 is 0 Å². The molecule has 1 aliphatic rings. The van der Waals surface area contributed by atoms with Crippen LogP contribution in [0.3, 0.4) is 0 Å². The molecule has 0 radical (unpaired) electrons. The van der Waals surface area contributed by atoms with Gasteiger partial charge in [0.25, 0.3) is 0 Å². The first kappa shape index (κ1) is 34.9. The molecule has 1 saturated heterocycles. The molecule has 0 saturated carbocycles. The molecular weight excluding hydrogens is 637 g/mol. The van der Waals surface area contributed by atoms with Crippen LogP contribution in [-0.4, -0.2) is 74.6 Å². The van der Waals surface area contributed by atoms with Gasteiger partial charge in [0.2, 0.25) is 15.8 Å². The molecule has 1 amide bonds. The van der Waals surface area contributed by atoms with E-state index in [1.807, 2.05) is 56.0 Å². The summed E-state index contributed by atoms with van der Waals surface area (Å²) in [6.45, 7) is 10.4. The zero-order valence-electron chi connectivity index (χ0n) is 28.0. The number of aryl methyl sites for hydroxylation is 1. The Kier molecular flexibility index (Phi) is 10.4. The smallest absolute Gasteiger partial charge is 0.410 e. The zero-order valence-corrected chi connectivity index (χ0v) is 28.8. The molecule has 1 fully saturated rings. The van der Waals surface area contributed by atoms with Crippen molar-refractivity contribution in [1.29, 1.82) is 0 Å². The third-order valence-corrected chi connectivity index (χ3v) is 10.0. The van der Waals surface area contributed by atoms with E-state index < -0.39 is 33.5 Å². The monoisotopic (exact) mass is 679 g/mol. The Morgan fingerprint density at radius 2 is 1.69 bits per heavy atom. The van der Waals surface area contributed by atoms with Gasteiger partial charge in [-0.1, -0.05) is 36.4 Å². The highest BCUT2D eigenvalue weighted by Gasteiger charge is 2.31. The van der Waals surface area contributed by atoms with Crippen LogP contribution in [0.2, 0.25) is 0 Å². The number of nitrogens with zero attached hydrogens (tertiary/aromatic N) is 3. The number of ether oxygens (including phenoxy) is 2. The van der Waals surface area contributed by atoms with Crippen molar-refractivity contribution in [3.63, 3.8) is 0 Å². The Morgan fingerprint density at radius 1 is 0.979 bits per heavy atom. The van der Waals surface area contributed by atoms with E-state index in [1.165, 1.54) is 28.6 Å². The predicted octanol–water partition coefficient (Wildman–Crippen LogP) is 6.55. The van der Waals surface area contributed by atoms with E-state index in [9.17, 15) is 18.0 Å². The average molecular weight is 680 g/mol. The lowest BCUT2D eigenvalue weighted by Gasteiger charge is -2.38. The van der Waals surface area contributed by atoms with E-state index in [-0.39, 0.29) is 35.9 Å². The molecule has 256 valence electrons. The number of halogens is 1. The quantitative estimate of drug-likeness (QED) is 0.174. The standard InChI is InChI=1S/C36H42FN3O7S/c1-6-45-34(41)33-25(2)28-23-27(15-16-32(28)46-33)48(43,44)40(18-17-26-11-8-7-9-12-26)24-29-30(37)13-10-14-31(29)38-19-21-39(22-20-38)35(42)47-36(3,4)5/h7-16,23H,6,17-22,24H2,1-5H3. The fourth-order valence-electron chi connectivity index (χ4n) is 5.72. The van der Waals surface area contributed by atoms with Gasteiger partial charge in [-0.2, -0.15) is 4.31 Å². The van der Waals surface area contributed by atoms with Crippen LogP contribution in [0.15, 0.2) is 76.0 Å². The van der Waals surface area contributed by atoms with Crippen molar-refractivity contribution in [2.75, 3.05) is 44.2 Å². The van der Waals surface area contributed by atoms with Crippen molar-refractivity contribution in [2.24, 2.45) is 0 Å². The number of hydrogen-bond donors (Lipinski definition) is 0. The van der Waals surface area contributed by atoms with E-state index >= 15 is 4.39 Å². The van der Waals surface area contributed by atoms with Crippen LogP contribution in [-0.2, 0) is 32.5 Å². The number of anilines is 1. The fraction of sp³-hybridized carbons (Fsp3) is 0.389. The molecule has 1 aromatic heterocycles. The van der Waals surface area contributed by atoms with Gasteiger partial charge in [0.1, 0.15) is 17.0 Å². The van der Waals surface area contributed by atoms with Gasteiger partial charge < -0.3 is 23.7 Å². The van der Waals surface area contributed by atoms with Gasteiger partial charge in [0.15, 0.2) is 0 Å². The molecular formula is C36H42FN3O7S. The summed E-state index contributed by atoms with van der Waals surface area (Å²) in [5.74, 6) is -1.13. The molecule has 1 aliphatic heterocycles. The highest BCUT2D eigenvalue weighted by molar-refractivity contribution is 7.89. The van der Waals surface area contributed by atoms with E-state index in [2.05, 4.69) is 0 Å². The summed E-state index contributed by atoms with van der Waals surface area (Å²) >= 11 is 0. The first-order valence-corrected chi connectivity index (χ1v) is 17.5. The minimum Gasteiger partial charge on any atom is -0.460 e. The Balaban J connectivity index is 1.46. The Morgan fingerprint density at radius 3 is 2.35 bits per heavy atom. The molecule has 3 aromatic carbocycles. The van der Waals surface area contributed by atoms with Crippen LogP contribution in [0.25, 0.3) is 11.0 Å². The number of fused-ring (bicyclic) bond motifs is 1. The molecule has 10 nitrogen and oxygen atoms in total. The Labute approximate surface area is 281 Å². The summed E-state index contributed by atoms with van der Waals surface area (Å²) in [7, 11) is -4.18. The molecule has 0 bridgehead atoms. The van der Waals surface area contributed by atoms with E-state index in [0.717, 1.165) is 5.56 Å². The van der Waals surface area contributed by atoms with Crippen molar-refractivity contribution in [3.05, 3.63) is 95.0 Å². The van der Waals surface area contributed by atoms with Gasteiger partial charge in [-0.15, -0.1) is 0 Å². The SMILES string of the molecule is CCOC(=O)c1oc2ccc(S(=O)(=O)N(CCc3ccccc3)Cc3c(F)cccc3N3CCN(C(=O)OC(C)(C)C)CC3)cc2c1C. The number of carbonyl (C=O) groups excluding carboxylic acids is 2. The maximum atomic E-state index is 15.7. The summed E-state index contributed by atoms with van der Waals surface area (Å²) in [4.78, 5) is 28.7. The van der Waals surface area contributed by atoms with Crippen LogP contribution in [0.5, 0.6) is 0 Å². The highest BCUT2D eigenvalue weighted by atomic mass is 32.2. The zero-order chi connectivity index (χ0) is 34.6. The molecule has 0 spiro atoms. The maximum absolute atomic E-state index is 15.7. The second kappa shape index (κ2) is 14.4. The molecule has 0 aliphatic carbocycles. The van der Waals surface area contributed by atoms with Gasteiger partial charge in [0, 0.05) is 61.5 Å². The van der Waals surface area contributed by atoms with E-state index in [0.29, 0.717) is 54.8 Å². The topological polar surface area (TPSA) is 110 Å². The molecule has 5 rings (SSSR count). The van der Waals surface area contributed by atoms with Crippen molar-refractivity contribution in [3.8, 4) is 0 Å². The van der Waals surface area contributed by atoms with Crippen LogP contribution < -0.4 is 4.90 Å². The first-order chi connectivity index (χ1) is 22.8. The summed E-state index contributed by atoms with van der Waals surface area (Å²) < 4.78 is 62.1. The largest absolute Gasteiger partial charge is 0.460 e. The van der Waals surface area contributed by atoms with E-state index in [4.69, 9.17) is 13.9 Å². The number of rotatable bonds is 10. The highest BCUT2D eigenvalue weighted by Crippen LogP contribution is 2.32. The first-order valence-electron chi connectivity index (χ1n) is 16.0. The number of piperazine rings is 1. The number of hydrogen-bond acceptors (Lipinski definition) is 8. The predicted molar refractivity (Wildman–Crippen MR) is 181 cm³/mol. The minimum atomic E-state index is -4.18. The number of carbonyl (C=O) groups is 2. The van der Waals surface area contributed by atoms with Gasteiger partial charge in [0.05, 0.1) is 11.5 Å². The third kappa shape index (κ3) is 7.82. The van der Waals surface area contributed by atoms with Crippen LogP contribution in [0, 0.1) is 12.7 Å². The molecule has 0 unspecified atom stereocenters. The molecule has 4 aromatic rings. The molecule has 2 heterocycles. The van der Waals surface area contributed by atoms with Gasteiger partial charge in [-0.25, -0.2) is 22.4 Å². The summed E-state index contributed by atoms with van der Waals surface area (Å²) in [6.07, 6.45) is -0.00251. The Hall–Kier alpha value is -4.42. The molecule has 0 N–H and O–H groups in total. The second-order valence-corrected chi connectivity index (χ2v) is 14.6. The normalized spacial score (nSPS) is 14.1. The third-order valence-electron chi connectivity index (χ3n) is 8.20. The van der Waals surface area contributed by atoms with E-state index in [1.54, 1.807) is 30.9 Å². The summed E-state index contributed by atoms with van der Waals surface area (Å²) in [5, 5.41) is 0.469. The second-order valence-electron chi connectivity index (χ2n) is 12.7. The fourth-order valence-corrected chi connectivity index (χ4v) is 7.15. The Bertz CT molecular complexity index is 1880. The molecule has 12 heteroatoms. The number of furan rings is 1. The lowest BCUT2D eigenvalue weighted by atomic mass is 10.1. The molecule has 0 atom stereocenters. The molecule has 48 heavy (non-hydrogen) atoms. The van der Waals surface area contributed by atoms with Crippen molar-refractivity contribution in [1.82, 2.24) is 9.21 Å². The lowest BCUT2D eigenvalue weighted by molar-refractivity contribution is 0.0240. The van der Waals surface area contributed by atoms with Gasteiger partial charge >= 0.3 is 12.1 Å². The maximum Gasteiger partial charge on any atom is 0.410 e. The van der Waals surface area contributed by atoms with Crippen molar-refractivity contribution >= 4 is 38.7 Å². The lowest BCUT2D eigenvalue weighted by Crippen LogP contribution is -2.50. The minimum absolute atomic E-state index is 0.00812. The van der Waals surface area contributed by atoms with Gasteiger partial charge in [-0.3, -0.25) is 0 Å². The summed E-state index contributed by atoms with van der Waals surface area (Å²) in [5.41, 5.74) is 1.95. The number of amides is 1. The summed E-state index contributed by atoms with van der Waals surface area (Å²) in [6, 6.07) is 18.6. The number of benzene rings is 3. The van der Waals surface area contributed by atoms with Crippen molar-refractivity contribution < 1.29 is 36.3 Å². The van der Waals surface area contributed by atoms with Crippen LogP contribution in [0.1, 0.15) is 54.9 Å².